The molecule has 162 valence electrons. The van der Waals surface area contributed by atoms with Crippen LogP contribution in [0.3, 0.4) is 0 Å². The maximum absolute atomic E-state index is 10.8. The Balaban J connectivity index is 0.00000676. The molecule has 0 aromatic carbocycles. The number of piperazine rings is 1. The topological polar surface area (TPSA) is 63.1 Å². The first-order chi connectivity index (χ1) is 12.4. The van der Waals surface area contributed by atoms with Gasteiger partial charge in [0.2, 0.25) is 0 Å². The molecule has 0 bridgehead atoms. The van der Waals surface area contributed by atoms with Crippen molar-refractivity contribution in [3.63, 3.8) is 0 Å². The van der Waals surface area contributed by atoms with Crippen molar-refractivity contribution in [2.75, 3.05) is 59.4 Å². The molecule has 1 fully saturated rings. The standard InChI is InChI=1S/C20H43N5O.HI/c1-6-9-20(26,10-7-2)17-23-19(21-8-3)22-15-18(4)16-25-13-11-24(5)12-14-25;/h18,26H,6-17H2,1-5H3,(H2,21,22,23);1H. The molecule has 0 spiro atoms. The number of aliphatic hydroxyl groups is 1. The minimum Gasteiger partial charge on any atom is -0.388 e. The molecule has 1 unspecified atom stereocenters. The van der Waals surface area contributed by atoms with Crippen molar-refractivity contribution in [3.8, 4) is 0 Å². The molecule has 7 heteroatoms. The summed E-state index contributed by atoms with van der Waals surface area (Å²) in [5, 5.41) is 17.5. The van der Waals surface area contributed by atoms with Gasteiger partial charge in [-0.3, -0.25) is 4.99 Å². The van der Waals surface area contributed by atoms with Gasteiger partial charge in [0.1, 0.15) is 0 Å². The minimum atomic E-state index is -0.669. The van der Waals surface area contributed by atoms with Crippen LogP contribution in [-0.4, -0.2) is 85.9 Å². The Kier molecular flexibility index (Phi) is 14.8. The lowest BCUT2D eigenvalue weighted by Gasteiger charge is -2.34. The Bertz CT molecular complexity index is 394. The van der Waals surface area contributed by atoms with Gasteiger partial charge >= 0.3 is 0 Å². The van der Waals surface area contributed by atoms with Gasteiger partial charge in [-0.15, -0.1) is 24.0 Å². The number of nitrogens with one attached hydrogen (secondary N) is 2. The van der Waals surface area contributed by atoms with Crippen LogP contribution in [0.25, 0.3) is 0 Å². The van der Waals surface area contributed by atoms with Gasteiger partial charge in [-0.05, 0) is 32.7 Å². The third-order valence-electron chi connectivity index (χ3n) is 5.09. The van der Waals surface area contributed by atoms with E-state index < -0.39 is 5.60 Å². The van der Waals surface area contributed by atoms with Gasteiger partial charge in [0.25, 0.3) is 0 Å². The molecule has 0 amide bonds. The molecular formula is C20H44IN5O. The van der Waals surface area contributed by atoms with Gasteiger partial charge in [0.15, 0.2) is 5.96 Å². The van der Waals surface area contributed by atoms with Crippen molar-refractivity contribution in [1.29, 1.82) is 0 Å². The van der Waals surface area contributed by atoms with Crippen LogP contribution in [0.5, 0.6) is 0 Å². The molecule has 1 heterocycles. The van der Waals surface area contributed by atoms with Crippen molar-refractivity contribution in [2.24, 2.45) is 10.9 Å². The number of hydrogen-bond acceptors (Lipinski definition) is 4. The predicted molar refractivity (Wildman–Crippen MR) is 127 cm³/mol. The zero-order chi connectivity index (χ0) is 19.4. The van der Waals surface area contributed by atoms with Gasteiger partial charge in [-0.2, -0.15) is 0 Å². The highest BCUT2D eigenvalue weighted by molar-refractivity contribution is 14.0. The van der Waals surface area contributed by atoms with E-state index in [1.165, 1.54) is 0 Å². The molecule has 6 nitrogen and oxygen atoms in total. The molecule has 0 aromatic rings. The smallest absolute Gasteiger partial charge is 0.191 e. The maximum Gasteiger partial charge on any atom is 0.191 e. The maximum atomic E-state index is 10.8. The lowest BCUT2D eigenvalue weighted by Crippen LogP contribution is -2.47. The number of nitrogens with zero attached hydrogens (tertiary/aromatic N) is 3. The second-order valence-corrected chi connectivity index (χ2v) is 8.01. The number of halogens is 1. The minimum absolute atomic E-state index is 0. The molecule has 1 aliphatic rings. The van der Waals surface area contributed by atoms with E-state index in [1.807, 2.05) is 0 Å². The molecule has 0 aliphatic carbocycles. The van der Waals surface area contributed by atoms with Crippen LogP contribution < -0.4 is 10.6 Å². The first-order valence-corrected chi connectivity index (χ1v) is 10.6. The Morgan fingerprint density at radius 1 is 1.07 bits per heavy atom. The average molecular weight is 498 g/mol. The highest BCUT2D eigenvalue weighted by atomic mass is 127. The SMILES string of the molecule is CCCC(O)(CCC)CN=C(NCC)NCC(C)CN1CCN(C)CC1.I. The van der Waals surface area contributed by atoms with E-state index in [1.54, 1.807) is 0 Å². The zero-order valence-electron chi connectivity index (χ0n) is 18.3. The molecule has 1 rings (SSSR count). The number of hydrogen-bond donors (Lipinski definition) is 3. The normalized spacial score (nSPS) is 18.1. The predicted octanol–water partition coefficient (Wildman–Crippen LogP) is 2.37. The number of rotatable bonds is 11. The number of aliphatic imine (C=N–C) groups is 1. The fourth-order valence-electron chi connectivity index (χ4n) is 3.59. The van der Waals surface area contributed by atoms with Crippen LogP contribution in [-0.2, 0) is 0 Å². The molecular weight excluding hydrogens is 453 g/mol. The summed E-state index contributed by atoms with van der Waals surface area (Å²) in [7, 11) is 2.19. The van der Waals surface area contributed by atoms with E-state index in [0.29, 0.717) is 12.5 Å². The first kappa shape index (κ1) is 26.9. The molecule has 3 N–H and O–H groups in total. The molecule has 1 atom stereocenters. The first-order valence-electron chi connectivity index (χ1n) is 10.6. The molecule has 1 aliphatic heterocycles. The number of likely N-dealkylation sites (N-methyl/N-ethyl adjacent to an activating group) is 1. The molecule has 1 saturated heterocycles. The highest BCUT2D eigenvalue weighted by Crippen LogP contribution is 2.19. The fourth-order valence-corrected chi connectivity index (χ4v) is 3.59. The monoisotopic (exact) mass is 497 g/mol. The Morgan fingerprint density at radius 3 is 2.19 bits per heavy atom. The van der Waals surface area contributed by atoms with Crippen LogP contribution in [0.1, 0.15) is 53.4 Å². The third-order valence-corrected chi connectivity index (χ3v) is 5.09. The molecule has 0 aromatic heterocycles. The zero-order valence-corrected chi connectivity index (χ0v) is 20.6. The summed E-state index contributed by atoms with van der Waals surface area (Å²) in [5.74, 6) is 1.38. The van der Waals surface area contributed by atoms with E-state index in [9.17, 15) is 5.11 Å². The van der Waals surface area contributed by atoms with Crippen molar-refractivity contribution < 1.29 is 5.11 Å². The fraction of sp³-hybridized carbons (Fsp3) is 0.950. The highest BCUT2D eigenvalue weighted by Gasteiger charge is 2.24. The Hall–Kier alpha value is -0.120. The largest absolute Gasteiger partial charge is 0.388 e. The quantitative estimate of drug-likeness (QED) is 0.233. The average Bonchev–Trinajstić information content (AvgIpc) is 2.60. The lowest BCUT2D eigenvalue weighted by atomic mass is 9.93. The van der Waals surface area contributed by atoms with E-state index >= 15 is 0 Å². The van der Waals surface area contributed by atoms with Gasteiger partial charge in [0.05, 0.1) is 12.1 Å². The Morgan fingerprint density at radius 2 is 1.67 bits per heavy atom. The second kappa shape index (κ2) is 14.8. The van der Waals surface area contributed by atoms with Crippen LogP contribution in [0.2, 0.25) is 0 Å². The van der Waals surface area contributed by atoms with Crippen molar-refractivity contribution in [2.45, 2.75) is 59.0 Å². The van der Waals surface area contributed by atoms with Gasteiger partial charge in [-0.1, -0.05) is 33.6 Å². The van der Waals surface area contributed by atoms with Crippen LogP contribution in [0.4, 0.5) is 0 Å². The van der Waals surface area contributed by atoms with Gasteiger partial charge in [0, 0.05) is 45.8 Å². The summed E-state index contributed by atoms with van der Waals surface area (Å²) in [6.07, 6.45) is 3.59. The van der Waals surface area contributed by atoms with Gasteiger partial charge in [-0.25, -0.2) is 0 Å². The van der Waals surface area contributed by atoms with Crippen molar-refractivity contribution >= 4 is 29.9 Å². The lowest BCUT2D eigenvalue weighted by molar-refractivity contribution is 0.0306. The summed E-state index contributed by atoms with van der Waals surface area (Å²) >= 11 is 0. The summed E-state index contributed by atoms with van der Waals surface area (Å²) in [4.78, 5) is 9.62. The molecule has 0 saturated carbocycles. The van der Waals surface area contributed by atoms with Crippen LogP contribution >= 0.6 is 24.0 Å². The third kappa shape index (κ3) is 11.5. The van der Waals surface area contributed by atoms with E-state index in [4.69, 9.17) is 0 Å². The van der Waals surface area contributed by atoms with Crippen LogP contribution in [0, 0.1) is 5.92 Å². The molecule has 0 radical (unpaired) electrons. The van der Waals surface area contributed by atoms with E-state index in [0.717, 1.165) is 77.5 Å². The van der Waals surface area contributed by atoms with Crippen molar-refractivity contribution in [1.82, 2.24) is 20.4 Å². The second-order valence-electron chi connectivity index (χ2n) is 8.01. The van der Waals surface area contributed by atoms with E-state index in [-0.39, 0.29) is 24.0 Å². The summed E-state index contributed by atoms with van der Waals surface area (Å²) < 4.78 is 0. The van der Waals surface area contributed by atoms with Gasteiger partial charge < -0.3 is 25.5 Å². The number of guanidine groups is 1. The van der Waals surface area contributed by atoms with Crippen LogP contribution in [0.15, 0.2) is 4.99 Å². The van der Waals surface area contributed by atoms with Crippen molar-refractivity contribution in [3.05, 3.63) is 0 Å². The summed E-state index contributed by atoms with van der Waals surface area (Å²) in [6, 6.07) is 0. The summed E-state index contributed by atoms with van der Waals surface area (Å²) in [6.45, 7) is 16.6. The summed E-state index contributed by atoms with van der Waals surface area (Å²) in [5.41, 5.74) is -0.669. The molecule has 27 heavy (non-hydrogen) atoms. The van der Waals surface area contributed by atoms with E-state index in [2.05, 4.69) is 60.2 Å². The Labute approximate surface area is 184 Å².